The lowest BCUT2D eigenvalue weighted by molar-refractivity contribution is -0.385. The minimum atomic E-state index is -3.97. The molecule has 0 amide bonds. The van der Waals surface area contributed by atoms with E-state index in [-0.39, 0.29) is 40.9 Å². The summed E-state index contributed by atoms with van der Waals surface area (Å²) in [6.07, 6.45) is 1.96. The Morgan fingerprint density at radius 2 is 2.00 bits per heavy atom. The molecule has 10 nitrogen and oxygen atoms in total. The summed E-state index contributed by atoms with van der Waals surface area (Å²) in [5.41, 5.74) is 0.223. The van der Waals surface area contributed by atoms with Gasteiger partial charge in [0.05, 0.1) is 27.0 Å². The molecule has 1 aliphatic heterocycles. The van der Waals surface area contributed by atoms with Crippen LogP contribution in [0.15, 0.2) is 35.4 Å². The first-order valence-corrected chi connectivity index (χ1v) is 11.8. The van der Waals surface area contributed by atoms with Crippen molar-refractivity contribution in [3.8, 4) is 0 Å². The number of sulfonamides is 1. The largest absolute Gasteiger partial charge is 0.462 e. The molecule has 32 heavy (non-hydrogen) atoms. The van der Waals surface area contributed by atoms with Crippen LogP contribution in [0.25, 0.3) is 0 Å². The molecule has 1 aromatic heterocycles. The van der Waals surface area contributed by atoms with E-state index in [9.17, 15) is 23.3 Å². The zero-order chi connectivity index (χ0) is 23.5. The molecule has 12 heteroatoms. The van der Waals surface area contributed by atoms with E-state index in [2.05, 4.69) is 4.98 Å². The van der Waals surface area contributed by atoms with E-state index in [1.54, 1.807) is 19.1 Å². The highest BCUT2D eigenvalue weighted by Crippen LogP contribution is 2.31. The fraction of sp³-hybridized carbons (Fsp3) is 0.400. The van der Waals surface area contributed by atoms with E-state index in [1.807, 2.05) is 4.90 Å². The minimum absolute atomic E-state index is 0.0279. The molecule has 0 saturated carbocycles. The topological polar surface area (TPSA) is 123 Å². The number of halogens is 1. The summed E-state index contributed by atoms with van der Waals surface area (Å²) in [6.45, 7) is 4.81. The molecule has 0 bridgehead atoms. The molecule has 0 atom stereocenters. The van der Waals surface area contributed by atoms with E-state index in [0.717, 1.165) is 6.07 Å². The highest BCUT2D eigenvalue weighted by Gasteiger charge is 2.30. The van der Waals surface area contributed by atoms with Crippen molar-refractivity contribution in [2.45, 2.75) is 25.2 Å². The molecule has 1 aromatic carbocycles. The lowest BCUT2D eigenvalue weighted by Crippen LogP contribution is -2.35. The van der Waals surface area contributed by atoms with Gasteiger partial charge in [-0.2, -0.15) is 4.31 Å². The van der Waals surface area contributed by atoms with Crippen LogP contribution in [-0.4, -0.2) is 61.4 Å². The lowest BCUT2D eigenvalue weighted by Gasteiger charge is -2.23. The Morgan fingerprint density at radius 3 is 2.62 bits per heavy atom. The third kappa shape index (κ3) is 5.00. The van der Waals surface area contributed by atoms with Crippen molar-refractivity contribution in [2.75, 3.05) is 37.7 Å². The molecule has 3 rings (SSSR count). The van der Waals surface area contributed by atoms with Gasteiger partial charge in [0.25, 0.3) is 5.69 Å². The molecule has 2 aromatic rings. The van der Waals surface area contributed by atoms with Gasteiger partial charge in [-0.25, -0.2) is 18.2 Å². The first kappa shape index (κ1) is 23.9. The second-order valence-electron chi connectivity index (χ2n) is 7.18. The van der Waals surface area contributed by atoms with E-state index in [4.69, 9.17) is 16.3 Å². The maximum absolute atomic E-state index is 13.2. The molecule has 1 fully saturated rings. The van der Waals surface area contributed by atoms with Crippen LogP contribution in [0.5, 0.6) is 0 Å². The number of hydrogen-bond donors (Lipinski definition) is 0. The van der Waals surface area contributed by atoms with Crippen LogP contribution in [0.4, 0.5) is 11.5 Å². The highest BCUT2D eigenvalue weighted by atomic mass is 35.5. The van der Waals surface area contributed by atoms with Crippen molar-refractivity contribution in [1.82, 2.24) is 9.29 Å². The number of anilines is 1. The molecule has 0 spiro atoms. The van der Waals surface area contributed by atoms with Gasteiger partial charge in [0.15, 0.2) is 0 Å². The predicted octanol–water partition coefficient (Wildman–Crippen LogP) is 3.03. The number of hydrogen-bond acceptors (Lipinski definition) is 8. The molecule has 0 N–H and O–H groups in total. The second-order valence-corrected chi connectivity index (χ2v) is 9.52. The summed E-state index contributed by atoms with van der Waals surface area (Å²) < 4.78 is 32.6. The molecule has 1 aliphatic rings. The van der Waals surface area contributed by atoms with Crippen molar-refractivity contribution >= 4 is 39.1 Å². The zero-order valence-corrected chi connectivity index (χ0v) is 19.2. The van der Waals surface area contributed by atoms with Crippen LogP contribution in [0.1, 0.15) is 29.3 Å². The van der Waals surface area contributed by atoms with Gasteiger partial charge in [0, 0.05) is 44.0 Å². The smallest absolute Gasteiger partial charge is 0.339 e. The molecule has 0 unspecified atom stereocenters. The van der Waals surface area contributed by atoms with Gasteiger partial charge in [0.2, 0.25) is 10.0 Å². The van der Waals surface area contributed by atoms with Gasteiger partial charge in [-0.05, 0) is 38.5 Å². The minimum Gasteiger partial charge on any atom is -0.462 e. The van der Waals surface area contributed by atoms with Crippen molar-refractivity contribution in [3.05, 3.63) is 56.7 Å². The molecule has 1 saturated heterocycles. The number of aromatic nitrogens is 1. The Bertz CT molecular complexity index is 1120. The molecule has 0 aliphatic carbocycles. The van der Waals surface area contributed by atoms with E-state index in [1.165, 1.54) is 23.5 Å². The lowest BCUT2D eigenvalue weighted by atomic mass is 10.2. The van der Waals surface area contributed by atoms with Crippen LogP contribution in [-0.2, 0) is 14.8 Å². The van der Waals surface area contributed by atoms with Crippen LogP contribution in [0.3, 0.4) is 0 Å². The number of nitro benzene ring substituents is 1. The summed E-state index contributed by atoms with van der Waals surface area (Å²) in [7, 11) is -3.97. The number of rotatable bonds is 6. The first-order valence-electron chi connectivity index (χ1n) is 9.98. The summed E-state index contributed by atoms with van der Waals surface area (Å²) in [6, 6.07) is 5.61. The molecular formula is C20H23ClN4O6S. The normalized spacial score (nSPS) is 15.3. The van der Waals surface area contributed by atoms with Gasteiger partial charge in [-0.1, -0.05) is 11.6 Å². The second kappa shape index (κ2) is 9.80. The average Bonchev–Trinajstić information content (AvgIpc) is 3.02. The van der Waals surface area contributed by atoms with Crippen LogP contribution >= 0.6 is 11.6 Å². The highest BCUT2D eigenvalue weighted by molar-refractivity contribution is 7.89. The van der Waals surface area contributed by atoms with E-state index in [0.29, 0.717) is 30.9 Å². The summed E-state index contributed by atoms with van der Waals surface area (Å²) in [5, 5.41) is 11.3. The van der Waals surface area contributed by atoms with Gasteiger partial charge in [-0.15, -0.1) is 0 Å². The summed E-state index contributed by atoms with van der Waals surface area (Å²) in [4.78, 5) is 28.5. The number of esters is 1. The quantitative estimate of drug-likeness (QED) is 0.349. The molecule has 172 valence electrons. The maximum Gasteiger partial charge on any atom is 0.339 e. The number of benzene rings is 1. The third-order valence-corrected chi connectivity index (χ3v) is 7.43. The Labute approximate surface area is 190 Å². The number of carbonyl (C=O) groups is 1. The van der Waals surface area contributed by atoms with E-state index >= 15 is 0 Å². The van der Waals surface area contributed by atoms with Crippen molar-refractivity contribution in [2.24, 2.45) is 0 Å². The predicted molar refractivity (Wildman–Crippen MR) is 119 cm³/mol. The monoisotopic (exact) mass is 482 g/mol. The number of carbonyl (C=O) groups excluding carboxylic acids is 1. The number of nitrogens with zero attached hydrogens (tertiary/aromatic N) is 4. The SMILES string of the molecule is CCOC(=O)c1ccc(N2CCCN(S(=O)(=O)c3cc(Cl)c(C)c([N+](=O)[O-])c3)CC2)nc1. The Hall–Kier alpha value is -2.76. The fourth-order valence-electron chi connectivity index (χ4n) is 3.40. The van der Waals surface area contributed by atoms with Crippen molar-refractivity contribution < 1.29 is 22.9 Å². The molecule has 0 radical (unpaired) electrons. The first-order chi connectivity index (χ1) is 15.1. The number of ether oxygens (including phenoxy) is 1. The number of pyridine rings is 1. The van der Waals surface area contributed by atoms with Gasteiger partial charge in [-0.3, -0.25) is 10.1 Å². The fourth-order valence-corrected chi connectivity index (χ4v) is 5.20. The third-order valence-electron chi connectivity index (χ3n) is 5.16. The summed E-state index contributed by atoms with van der Waals surface area (Å²) >= 11 is 6.06. The number of nitro groups is 1. The van der Waals surface area contributed by atoms with Gasteiger partial charge in [0.1, 0.15) is 5.82 Å². The van der Waals surface area contributed by atoms with E-state index < -0.39 is 20.9 Å². The van der Waals surface area contributed by atoms with Crippen LogP contribution < -0.4 is 4.90 Å². The Balaban J connectivity index is 1.77. The van der Waals surface area contributed by atoms with Gasteiger partial charge < -0.3 is 9.64 Å². The Morgan fingerprint density at radius 1 is 1.25 bits per heavy atom. The standard InChI is InChI=1S/C20H23ClN4O6S/c1-3-31-20(26)15-5-6-19(22-13-15)23-7-4-8-24(10-9-23)32(29,30)16-11-17(21)14(2)18(12-16)25(27)28/h5-6,11-13H,3-4,7-10H2,1-2H3. The van der Waals surface area contributed by atoms with Crippen LogP contribution in [0, 0.1) is 17.0 Å². The van der Waals surface area contributed by atoms with Gasteiger partial charge >= 0.3 is 5.97 Å². The van der Waals surface area contributed by atoms with Crippen molar-refractivity contribution in [3.63, 3.8) is 0 Å². The van der Waals surface area contributed by atoms with Crippen molar-refractivity contribution in [1.29, 1.82) is 0 Å². The zero-order valence-electron chi connectivity index (χ0n) is 17.7. The van der Waals surface area contributed by atoms with Crippen LogP contribution in [0.2, 0.25) is 5.02 Å². The maximum atomic E-state index is 13.2. The molecule has 2 heterocycles. The molecular weight excluding hydrogens is 460 g/mol. The summed E-state index contributed by atoms with van der Waals surface area (Å²) in [5.74, 6) is 0.164. The Kier molecular flexibility index (Phi) is 7.32. The average molecular weight is 483 g/mol.